The van der Waals surface area contributed by atoms with Gasteiger partial charge in [-0.2, -0.15) is 0 Å². The second kappa shape index (κ2) is 8.02. The van der Waals surface area contributed by atoms with Crippen molar-refractivity contribution in [1.29, 1.82) is 0 Å². The lowest BCUT2D eigenvalue weighted by Crippen LogP contribution is -2.13. The first-order valence-electron chi connectivity index (χ1n) is 5.57. The first-order valence-corrected chi connectivity index (χ1v) is 7.88. The van der Waals surface area contributed by atoms with Gasteiger partial charge in [0.1, 0.15) is 17.3 Å². The molecule has 0 radical (unpaired) electrons. The molecule has 0 amide bonds. The van der Waals surface area contributed by atoms with Crippen LogP contribution in [0.3, 0.4) is 0 Å². The third kappa shape index (κ3) is 5.43. The number of methoxy groups -OCH3 is 1. The van der Waals surface area contributed by atoms with Crippen LogP contribution in [0.5, 0.6) is 5.75 Å². The lowest BCUT2D eigenvalue weighted by Gasteiger charge is -2.10. The Morgan fingerprint density at radius 1 is 1.10 bits per heavy atom. The molecule has 1 aromatic carbocycles. The summed E-state index contributed by atoms with van der Waals surface area (Å²) in [5, 5.41) is 5.06. The molecule has 0 fully saturated rings. The van der Waals surface area contributed by atoms with Crippen LogP contribution in [-0.2, 0) is 19.5 Å². The molecule has 1 aromatic rings. The Kier molecular flexibility index (Phi) is 7.01. The first-order chi connectivity index (χ1) is 9.36. The van der Waals surface area contributed by atoms with Crippen molar-refractivity contribution in [2.45, 2.75) is 4.90 Å². The van der Waals surface area contributed by atoms with Crippen molar-refractivity contribution < 1.29 is 22.6 Å². The highest BCUT2D eigenvalue weighted by Gasteiger charge is 2.16. The van der Waals surface area contributed by atoms with Gasteiger partial charge >= 0.3 is 0 Å². The second-order valence-electron chi connectivity index (χ2n) is 3.71. The molecule has 0 aliphatic carbocycles. The largest absolute Gasteiger partial charge is 0.490 e. The van der Waals surface area contributed by atoms with Gasteiger partial charge in [0.05, 0.1) is 29.9 Å². The SMILES string of the molecule is COCCOCCOc1cc(Cl)c(S(N)(=O)=O)cc1Cl. The van der Waals surface area contributed by atoms with Crippen LogP contribution in [0.2, 0.25) is 10.0 Å². The fourth-order valence-electron chi connectivity index (χ4n) is 1.29. The molecule has 114 valence electrons. The van der Waals surface area contributed by atoms with Crippen LogP contribution in [0.4, 0.5) is 0 Å². The first kappa shape index (κ1) is 17.5. The zero-order chi connectivity index (χ0) is 15.2. The standard InChI is InChI=1S/C11H15Cl2NO5S/c1-17-2-3-18-4-5-19-10-6-9(13)11(7-8(10)12)20(14,15)16/h6-7H,2-5H2,1H3,(H2,14,15,16). The summed E-state index contributed by atoms with van der Waals surface area (Å²) in [6.45, 7) is 1.54. The van der Waals surface area contributed by atoms with Gasteiger partial charge in [0.15, 0.2) is 0 Å². The van der Waals surface area contributed by atoms with Crippen LogP contribution < -0.4 is 9.88 Å². The Morgan fingerprint density at radius 2 is 1.75 bits per heavy atom. The van der Waals surface area contributed by atoms with E-state index in [1.807, 2.05) is 0 Å². The molecule has 1 rings (SSSR count). The highest BCUT2D eigenvalue weighted by atomic mass is 35.5. The van der Waals surface area contributed by atoms with Gasteiger partial charge in [-0.1, -0.05) is 23.2 Å². The number of sulfonamides is 1. The maximum atomic E-state index is 11.2. The van der Waals surface area contributed by atoms with Crippen LogP contribution in [0.25, 0.3) is 0 Å². The predicted molar refractivity (Wildman–Crippen MR) is 76.0 cm³/mol. The van der Waals surface area contributed by atoms with Crippen molar-refractivity contribution >= 4 is 33.2 Å². The third-order valence-electron chi connectivity index (χ3n) is 2.21. The summed E-state index contributed by atoms with van der Waals surface area (Å²) in [7, 11) is -2.34. The van der Waals surface area contributed by atoms with Crippen molar-refractivity contribution in [2.24, 2.45) is 5.14 Å². The Labute approximate surface area is 127 Å². The van der Waals surface area contributed by atoms with Crippen molar-refractivity contribution in [3.8, 4) is 5.75 Å². The van der Waals surface area contributed by atoms with E-state index in [2.05, 4.69) is 0 Å². The summed E-state index contributed by atoms with van der Waals surface area (Å²) < 4.78 is 37.8. The molecule has 0 atom stereocenters. The molecule has 0 aliphatic rings. The van der Waals surface area contributed by atoms with E-state index in [1.165, 1.54) is 6.07 Å². The molecular weight excluding hydrogens is 329 g/mol. The van der Waals surface area contributed by atoms with E-state index in [0.717, 1.165) is 6.07 Å². The van der Waals surface area contributed by atoms with E-state index in [9.17, 15) is 8.42 Å². The summed E-state index contributed by atoms with van der Waals surface area (Å²) in [4.78, 5) is -0.243. The minimum atomic E-state index is -3.92. The average Bonchev–Trinajstić information content (AvgIpc) is 2.35. The zero-order valence-electron chi connectivity index (χ0n) is 10.8. The fourth-order valence-corrected chi connectivity index (χ4v) is 2.67. The molecule has 20 heavy (non-hydrogen) atoms. The molecule has 0 bridgehead atoms. The van der Waals surface area contributed by atoms with Crippen molar-refractivity contribution in [3.63, 3.8) is 0 Å². The smallest absolute Gasteiger partial charge is 0.239 e. The molecule has 0 aromatic heterocycles. The molecule has 9 heteroatoms. The summed E-state index contributed by atoms with van der Waals surface area (Å²) in [6.07, 6.45) is 0. The van der Waals surface area contributed by atoms with Gasteiger partial charge in [0.2, 0.25) is 10.0 Å². The molecule has 0 spiro atoms. The number of nitrogens with two attached hydrogens (primary N) is 1. The average molecular weight is 344 g/mol. The fraction of sp³-hybridized carbons (Fsp3) is 0.455. The number of ether oxygens (including phenoxy) is 3. The van der Waals surface area contributed by atoms with Gasteiger partial charge in [0, 0.05) is 13.2 Å². The van der Waals surface area contributed by atoms with Gasteiger partial charge in [-0.05, 0) is 6.07 Å². The summed E-state index contributed by atoms with van der Waals surface area (Å²) >= 11 is 11.7. The minimum absolute atomic E-state index is 0.0489. The van der Waals surface area contributed by atoms with Gasteiger partial charge in [-0.15, -0.1) is 0 Å². The summed E-state index contributed by atoms with van der Waals surface area (Å²) in [5.74, 6) is 0.263. The van der Waals surface area contributed by atoms with E-state index < -0.39 is 10.0 Å². The van der Waals surface area contributed by atoms with Crippen LogP contribution in [0.1, 0.15) is 0 Å². The molecule has 6 nitrogen and oxygen atoms in total. The Balaban J connectivity index is 2.62. The van der Waals surface area contributed by atoms with Gasteiger partial charge in [-0.3, -0.25) is 0 Å². The molecular formula is C11H15Cl2NO5S. The van der Waals surface area contributed by atoms with Crippen molar-refractivity contribution in [3.05, 3.63) is 22.2 Å². The van der Waals surface area contributed by atoms with E-state index in [-0.39, 0.29) is 27.3 Å². The van der Waals surface area contributed by atoms with Gasteiger partial charge in [0.25, 0.3) is 0 Å². The highest BCUT2D eigenvalue weighted by molar-refractivity contribution is 7.89. The molecule has 2 N–H and O–H groups in total. The lowest BCUT2D eigenvalue weighted by molar-refractivity contribution is 0.0544. The van der Waals surface area contributed by atoms with Crippen LogP contribution in [-0.4, -0.2) is 42.0 Å². The third-order valence-corrected chi connectivity index (χ3v) is 3.88. The molecule has 0 aliphatic heterocycles. The minimum Gasteiger partial charge on any atom is -0.490 e. The Bertz CT molecular complexity index is 550. The molecule has 0 saturated heterocycles. The number of rotatable bonds is 8. The van der Waals surface area contributed by atoms with Crippen molar-refractivity contribution in [2.75, 3.05) is 33.5 Å². The maximum Gasteiger partial charge on any atom is 0.239 e. The van der Waals surface area contributed by atoms with E-state index >= 15 is 0 Å². The van der Waals surface area contributed by atoms with E-state index in [1.54, 1.807) is 7.11 Å². The topological polar surface area (TPSA) is 87.8 Å². The quantitative estimate of drug-likeness (QED) is 0.725. The Hall–Kier alpha value is -0.570. The number of halogens is 2. The molecule has 0 saturated carbocycles. The molecule has 0 unspecified atom stereocenters. The van der Waals surface area contributed by atoms with E-state index in [4.69, 9.17) is 42.6 Å². The van der Waals surface area contributed by atoms with Gasteiger partial charge in [-0.25, -0.2) is 13.6 Å². The molecule has 0 heterocycles. The van der Waals surface area contributed by atoms with Gasteiger partial charge < -0.3 is 14.2 Å². The van der Waals surface area contributed by atoms with E-state index in [0.29, 0.717) is 19.8 Å². The number of hydrogen-bond acceptors (Lipinski definition) is 5. The maximum absolute atomic E-state index is 11.2. The number of hydrogen-bond donors (Lipinski definition) is 1. The lowest BCUT2D eigenvalue weighted by atomic mass is 10.3. The highest BCUT2D eigenvalue weighted by Crippen LogP contribution is 2.32. The predicted octanol–water partition coefficient (Wildman–Crippen LogP) is 1.68. The monoisotopic (exact) mass is 343 g/mol. The van der Waals surface area contributed by atoms with Crippen LogP contribution in [0.15, 0.2) is 17.0 Å². The van der Waals surface area contributed by atoms with Crippen LogP contribution >= 0.6 is 23.2 Å². The second-order valence-corrected chi connectivity index (χ2v) is 6.06. The summed E-state index contributed by atoms with van der Waals surface area (Å²) in [6, 6.07) is 2.46. The zero-order valence-corrected chi connectivity index (χ0v) is 13.1. The number of benzene rings is 1. The number of primary sulfonamides is 1. The summed E-state index contributed by atoms with van der Waals surface area (Å²) in [5.41, 5.74) is 0. The Morgan fingerprint density at radius 3 is 2.35 bits per heavy atom. The van der Waals surface area contributed by atoms with Crippen molar-refractivity contribution in [1.82, 2.24) is 0 Å². The van der Waals surface area contributed by atoms with Crippen LogP contribution in [0, 0.1) is 0 Å². The normalized spacial score (nSPS) is 11.6.